The Morgan fingerprint density at radius 1 is 0.971 bits per heavy atom. The van der Waals surface area contributed by atoms with Gasteiger partial charge in [0.1, 0.15) is 0 Å². The molecule has 1 N–H and O–H groups in total. The van der Waals surface area contributed by atoms with E-state index >= 15 is 0 Å². The SMILES string of the molecule is CN[C@]1(c2ccccc2)CC[C@@]2(CC1)CN(c1ccccc1CS(C)(=O)=O)C(=O)N2CC1CC1. The lowest BCUT2D eigenvalue weighted by Gasteiger charge is -2.48. The number of rotatable bonds is 7. The Morgan fingerprint density at radius 2 is 1.62 bits per heavy atom. The number of benzene rings is 2. The quantitative estimate of drug-likeness (QED) is 0.640. The number of para-hydroxylation sites is 1. The summed E-state index contributed by atoms with van der Waals surface area (Å²) in [6.45, 7) is 1.43. The molecular formula is C27H35N3O3S. The maximum Gasteiger partial charge on any atom is 0.325 e. The van der Waals surface area contributed by atoms with Gasteiger partial charge in [0.05, 0.1) is 17.8 Å². The molecule has 3 aliphatic rings. The van der Waals surface area contributed by atoms with Crippen molar-refractivity contribution in [3.8, 4) is 0 Å². The van der Waals surface area contributed by atoms with Gasteiger partial charge in [0.15, 0.2) is 9.84 Å². The Bertz CT molecular complexity index is 1150. The second-order valence-corrected chi connectivity index (χ2v) is 12.7. The summed E-state index contributed by atoms with van der Waals surface area (Å²) in [4.78, 5) is 17.9. The molecule has 2 aliphatic carbocycles. The van der Waals surface area contributed by atoms with Crippen molar-refractivity contribution >= 4 is 21.6 Å². The van der Waals surface area contributed by atoms with Crippen LogP contribution in [0.4, 0.5) is 10.5 Å². The number of urea groups is 1. The van der Waals surface area contributed by atoms with E-state index in [0.717, 1.165) is 37.9 Å². The molecule has 34 heavy (non-hydrogen) atoms. The van der Waals surface area contributed by atoms with Crippen LogP contribution in [0.2, 0.25) is 0 Å². The average molecular weight is 482 g/mol. The summed E-state index contributed by atoms with van der Waals surface area (Å²) < 4.78 is 24.2. The highest BCUT2D eigenvalue weighted by atomic mass is 32.2. The first-order chi connectivity index (χ1) is 16.3. The minimum Gasteiger partial charge on any atom is -0.317 e. The van der Waals surface area contributed by atoms with E-state index in [2.05, 4.69) is 40.5 Å². The van der Waals surface area contributed by atoms with Crippen LogP contribution < -0.4 is 10.2 Å². The summed E-state index contributed by atoms with van der Waals surface area (Å²) in [7, 11) is -1.17. The monoisotopic (exact) mass is 481 g/mol. The molecule has 0 unspecified atom stereocenters. The van der Waals surface area contributed by atoms with Crippen LogP contribution >= 0.6 is 0 Å². The van der Waals surface area contributed by atoms with E-state index in [0.29, 0.717) is 18.0 Å². The molecule has 0 aromatic heterocycles. The number of nitrogens with one attached hydrogen (secondary N) is 1. The second kappa shape index (κ2) is 8.68. The van der Waals surface area contributed by atoms with Crippen molar-refractivity contribution in [2.45, 2.75) is 55.4 Å². The molecule has 5 rings (SSSR count). The Balaban J connectivity index is 1.46. The number of sulfone groups is 1. The van der Waals surface area contributed by atoms with Gasteiger partial charge in [-0.3, -0.25) is 4.90 Å². The topological polar surface area (TPSA) is 69.7 Å². The number of nitrogens with zero attached hydrogens (tertiary/aromatic N) is 2. The summed E-state index contributed by atoms with van der Waals surface area (Å²) in [6.07, 6.45) is 7.39. The minimum absolute atomic E-state index is 0.0320. The van der Waals surface area contributed by atoms with Gasteiger partial charge in [-0.25, -0.2) is 13.2 Å². The normalized spacial score (nSPS) is 27.5. The highest BCUT2D eigenvalue weighted by Gasteiger charge is 2.55. The predicted molar refractivity (Wildman–Crippen MR) is 136 cm³/mol. The van der Waals surface area contributed by atoms with Crippen molar-refractivity contribution in [1.82, 2.24) is 10.2 Å². The van der Waals surface area contributed by atoms with Crippen molar-refractivity contribution in [3.63, 3.8) is 0 Å². The lowest BCUT2D eigenvalue weighted by atomic mass is 9.69. The molecule has 1 spiro atoms. The van der Waals surface area contributed by atoms with Crippen LogP contribution in [0.25, 0.3) is 0 Å². The predicted octanol–water partition coefficient (Wildman–Crippen LogP) is 4.31. The van der Waals surface area contributed by atoms with E-state index in [1.54, 1.807) is 0 Å². The number of carbonyl (C=O) groups is 1. The third-order valence-corrected chi connectivity index (χ3v) is 9.00. The van der Waals surface area contributed by atoms with Crippen LogP contribution in [0.5, 0.6) is 0 Å². The Labute approximate surface area is 203 Å². The number of anilines is 1. The number of hydrogen-bond acceptors (Lipinski definition) is 4. The van der Waals surface area contributed by atoms with Crippen molar-refractivity contribution in [3.05, 3.63) is 65.7 Å². The largest absolute Gasteiger partial charge is 0.325 e. The van der Waals surface area contributed by atoms with Crippen LogP contribution in [-0.4, -0.2) is 51.3 Å². The van der Waals surface area contributed by atoms with Crippen LogP contribution in [-0.2, 0) is 21.1 Å². The third-order valence-electron chi connectivity index (χ3n) is 8.16. The second-order valence-electron chi connectivity index (χ2n) is 10.5. The van der Waals surface area contributed by atoms with E-state index in [1.165, 1.54) is 24.7 Å². The molecule has 2 amide bonds. The first-order valence-electron chi connectivity index (χ1n) is 12.3. The fourth-order valence-corrected chi connectivity index (χ4v) is 6.81. The van der Waals surface area contributed by atoms with Crippen LogP contribution in [0, 0.1) is 5.92 Å². The van der Waals surface area contributed by atoms with Gasteiger partial charge in [0, 0.05) is 24.0 Å². The molecule has 0 bridgehead atoms. The Hall–Kier alpha value is -2.38. The van der Waals surface area contributed by atoms with E-state index in [4.69, 9.17) is 0 Å². The summed E-state index contributed by atoms with van der Waals surface area (Å²) >= 11 is 0. The molecule has 2 aromatic rings. The molecular weight excluding hydrogens is 446 g/mol. The summed E-state index contributed by atoms with van der Waals surface area (Å²) in [5.74, 6) is 0.538. The molecule has 2 saturated carbocycles. The fourth-order valence-electron chi connectivity index (χ4n) is 6.00. The van der Waals surface area contributed by atoms with Gasteiger partial charge >= 0.3 is 6.03 Å². The molecule has 3 fully saturated rings. The molecule has 1 heterocycles. The molecule has 7 heteroatoms. The van der Waals surface area contributed by atoms with E-state index < -0.39 is 9.84 Å². The van der Waals surface area contributed by atoms with E-state index in [9.17, 15) is 13.2 Å². The highest BCUT2D eigenvalue weighted by molar-refractivity contribution is 7.89. The number of hydrogen-bond donors (Lipinski definition) is 1. The first-order valence-corrected chi connectivity index (χ1v) is 14.4. The van der Waals surface area contributed by atoms with Gasteiger partial charge in [-0.15, -0.1) is 0 Å². The van der Waals surface area contributed by atoms with Gasteiger partial charge in [-0.1, -0.05) is 48.5 Å². The third kappa shape index (κ3) is 4.36. The standard InChI is InChI=1S/C27H35N3O3S/c1-28-27(23-9-4-3-5-10-23)16-14-26(15-17-27)20-29(25(31)30(26)18-21-12-13-21)24-11-7-6-8-22(24)19-34(2,32)33/h3-11,21,28H,12-20H2,1-2H3/t26-,27-. The van der Waals surface area contributed by atoms with E-state index in [-0.39, 0.29) is 22.9 Å². The van der Waals surface area contributed by atoms with Gasteiger partial charge in [0.2, 0.25) is 0 Å². The smallest absolute Gasteiger partial charge is 0.317 e. The molecule has 6 nitrogen and oxygen atoms in total. The summed E-state index contributed by atoms with van der Waals surface area (Å²) in [6, 6.07) is 18.2. The lowest BCUT2D eigenvalue weighted by molar-refractivity contribution is 0.0762. The Kier molecular flexibility index (Phi) is 5.97. The van der Waals surface area contributed by atoms with Gasteiger partial charge in [-0.05, 0) is 68.7 Å². The van der Waals surface area contributed by atoms with Crippen molar-refractivity contribution in [1.29, 1.82) is 0 Å². The minimum atomic E-state index is -3.21. The maximum atomic E-state index is 13.8. The van der Waals surface area contributed by atoms with Crippen LogP contribution in [0.1, 0.15) is 49.7 Å². The van der Waals surface area contributed by atoms with Crippen molar-refractivity contribution < 1.29 is 13.2 Å². The maximum absolute atomic E-state index is 13.8. The molecule has 182 valence electrons. The van der Waals surface area contributed by atoms with E-state index in [1.807, 2.05) is 36.2 Å². The van der Waals surface area contributed by atoms with Crippen molar-refractivity contribution in [2.24, 2.45) is 5.92 Å². The van der Waals surface area contributed by atoms with Crippen LogP contribution in [0.3, 0.4) is 0 Å². The van der Waals surface area contributed by atoms with Gasteiger partial charge in [-0.2, -0.15) is 0 Å². The van der Waals surface area contributed by atoms with Crippen LogP contribution in [0.15, 0.2) is 54.6 Å². The Morgan fingerprint density at radius 3 is 2.24 bits per heavy atom. The lowest BCUT2D eigenvalue weighted by Crippen LogP contribution is -2.55. The number of carbonyl (C=O) groups excluding carboxylic acids is 1. The first kappa shape index (κ1) is 23.4. The number of amides is 2. The molecule has 0 atom stereocenters. The molecule has 2 aromatic carbocycles. The average Bonchev–Trinajstić information content (AvgIpc) is 3.61. The summed E-state index contributed by atoms with van der Waals surface area (Å²) in [5, 5.41) is 3.61. The highest BCUT2D eigenvalue weighted by Crippen LogP contribution is 2.49. The summed E-state index contributed by atoms with van der Waals surface area (Å²) in [5.41, 5.74) is 2.45. The molecule has 0 radical (unpaired) electrons. The molecule has 1 aliphatic heterocycles. The zero-order valence-corrected chi connectivity index (χ0v) is 21.0. The fraction of sp³-hybridized carbons (Fsp3) is 0.519. The molecule has 1 saturated heterocycles. The van der Waals surface area contributed by atoms with Gasteiger partial charge < -0.3 is 10.2 Å². The van der Waals surface area contributed by atoms with Gasteiger partial charge in [0.25, 0.3) is 0 Å². The van der Waals surface area contributed by atoms with Crippen molar-refractivity contribution in [2.75, 3.05) is 31.3 Å². The zero-order valence-electron chi connectivity index (χ0n) is 20.2. The zero-order chi connectivity index (χ0) is 24.0.